The van der Waals surface area contributed by atoms with Gasteiger partial charge < -0.3 is 20.1 Å². The van der Waals surface area contributed by atoms with Crippen LogP contribution in [0.4, 0.5) is 0 Å². The molecule has 0 heterocycles. The molecule has 0 rings (SSSR count). The normalized spacial score (nSPS) is 13.7. The maximum absolute atomic E-state index is 12.8. The highest BCUT2D eigenvalue weighted by Gasteiger charge is 2.26. The molecule has 9 nitrogen and oxygen atoms in total. The van der Waals surface area contributed by atoms with Crippen molar-refractivity contribution in [2.45, 2.75) is 341 Å². The number of esters is 2. The number of nitrogens with two attached hydrogens (primary N) is 1. The van der Waals surface area contributed by atoms with E-state index in [-0.39, 0.29) is 38.6 Å². The summed E-state index contributed by atoms with van der Waals surface area (Å²) in [6, 6.07) is 0. The highest BCUT2D eigenvalue weighted by atomic mass is 31.2. The minimum atomic E-state index is -4.41. The summed E-state index contributed by atoms with van der Waals surface area (Å²) in [7, 11) is -4.41. The first kappa shape index (κ1) is 88.9. The van der Waals surface area contributed by atoms with Crippen LogP contribution < -0.4 is 5.73 Å². The molecule has 0 aromatic rings. The smallest absolute Gasteiger partial charge is 0.462 e. The van der Waals surface area contributed by atoms with E-state index >= 15 is 0 Å². The first-order valence-electron chi connectivity index (χ1n) is 38.3. The van der Waals surface area contributed by atoms with E-state index in [4.69, 9.17) is 24.3 Å². The van der Waals surface area contributed by atoms with E-state index < -0.39 is 26.5 Å². The number of phosphoric acid groups is 1. The van der Waals surface area contributed by atoms with Gasteiger partial charge in [0, 0.05) is 19.4 Å². The highest BCUT2D eigenvalue weighted by Crippen LogP contribution is 2.43. The number of carbonyl (C=O) groups excluding carboxylic acids is 2. The molecule has 10 heteroatoms. The van der Waals surface area contributed by atoms with Crippen molar-refractivity contribution in [3.05, 3.63) is 146 Å². The second kappa shape index (κ2) is 76.9. The minimum Gasteiger partial charge on any atom is -0.462 e. The van der Waals surface area contributed by atoms with Crippen molar-refractivity contribution in [2.24, 2.45) is 5.73 Å². The van der Waals surface area contributed by atoms with Gasteiger partial charge in [0.15, 0.2) is 6.10 Å². The third-order valence-corrected chi connectivity index (χ3v) is 17.2. The van der Waals surface area contributed by atoms with Crippen LogP contribution in [0.5, 0.6) is 0 Å². The zero-order chi connectivity index (χ0) is 67.2. The number of allylic oxidation sites excluding steroid dienone is 24. The monoisotopic (exact) mass is 1310 g/mol. The third kappa shape index (κ3) is 76.8. The van der Waals surface area contributed by atoms with Crippen LogP contribution in [0, 0.1) is 0 Å². The van der Waals surface area contributed by atoms with Gasteiger partial charge in [0.25, 0.3) is 0 Å². The fourth-order valence-corrected chi connectivity index (χ4v) is 11.4. The van der Waals surface area contributed by atoms with E-state index in [0.29, 0.717) is 6.42 Å². The summed E-state index contributed by atoms with van der Waals surface area (Å²) in [5.41, 5.74) is 5.41. The Labute approximate surface area is 573 Å². The van der Waals surface area contributed by atoms with Gasteiger partial charge in [-0.05, 0) is 116 Å². The second-order valence-corrected chi connectivity index (χ2v) is 26.6. The van der Waals surface area contributed by atoms with Crippen molar-refractivity contribution in [1.29, 1.82) is 0 Å². The molecule has 93 heavy (non-hydrogen) atoms. The van der Waals surface area contributed by atoms with Crippen LogP contribution in [0.2, 0.25) is 0 Å². The minimum absolute atomic E-state index is 0.0471. The van der Waals surface area contributed by atoms with E-state index in [9.17, 15) is 19.0 Å². The van der Waals surface area contributed by atoms with E-state index in [1.54, 1.807) is 0 Å². The SMILES string of the molecule is CC/C=C\C/C=C\C/C=C\C/C=C\C/C=C\C/C=C\C/C=C\C/C=C\CCCCCCCCCCC(=O)OC(COC(=O)CCCCCCCCCCCCCCCCCCCCCCCCCCCC/C=C\C/C=C\C/C=C\C/C=C\CC)COP(=O)(O)OCCN. The molecule has 0 aromatic heterocycles. The zero-order valence-corrected chi connectivity index (χ0v) is 60.8. The molecule has 0 fully saturated rings. The fourth-order valence-electron chi connectivity index (χ4n) is 10.6. The van der Waals surface area contributed by atoms with Crippen molar-refractivity contribution < 1.29 is 37.6 Å². The average Bonchev–Trinajstić information content (AvgIpc) is 3.32. The molecule has 2 unspecified atom stereocenters. The summed E-state index contributed by atoms with van der Waals surface area (Å²) >= 11 is 0. The predicted octanol–water partition coefficient (Wildman–Crippen LogP) is 25.8. The van der Waals surface area contributed by atoms with Gasteiger partial charge in [0.1, 0.15) is 6.61 Å². The molecule has 532 valence electrons. The van der Waals surface area contributed by atoms with Crippen LogP contribution in [0.25, 0.3) is 0 Å². The number of hydrogen-bond donors (Lipinski definition) is 2. The number of ether oxygens (including phenoxy) is 2. The van der Waals surface area contributed by atoms with Gasteiger partial charge in [-0.1, -0.05) is 352 Å². The lowest BCUT2D eigenvalue weighted by atomic mass is 10.0. The number of phosphoric ester groups is 1. The summed E-state index contributed by atoms with van der Waals surface area (Å²) in [6.45, 7) is 3.53. The molecular weight excluding hydrogens is 1170 g/mol. The molecule has 3 N–H and O–H groups in total. The first-order chi connectivity index (χ1) is 45.8. The predicted molar refractivity (Wildman–Crippen MR) is 404 cm³/mol. The van der Waals surface area contributed by atoms with Gasteiger partial charge in [0.05, 0.1) is 13.2 Å². The lowest BCUT2D eigenvalue weighted by Gasteiger charge is -2.19. The Hall–Kier alpha value is -4.11. The molecule has 0 spiro atoms. The van der Waals surface area contributed by atoms with Crippen LogP contribution >= 0.6 is 7.82 Å². The number of hydrogen-bond acceptors (Lipinski definition) is 8. The summed E-state index contributed by atoms with van der Waals surface area (Å²) < 4.78 is 33.2. The average molecular weight is 1310 g/mol. The van der Waals surface area contributed by atoms with Gasteiger partial charge in [-0.3, -0.25) is 18.6 Å². The molecule has 0 saturated carbocycles. The molecular formula is C83H142NO8P. The van der Waals surface area contributed by atoms with E-state index in [0.717, 1.165) is 122 Å². The number of carbonyl (C=O) groups is 2. The molecule has 0 aliphatic carbocycles. The standard InChI is InChI=1S/C83H142NO8P/c1-3-5-7-9-11-13-15-17-19-21-23-25-27-29-31-33-35-37-38-39-40-41-42-44-45-47-49-51-53-55-57-59-61-63-65-67-69-71-73-75-82(85)89-79-81(80-91-93(87,88)90-78-77-84)92-83(86)76-74-72-70-68-66-64-62-60-58-56-54-52-50-48-46-43-36-34-32-30-28-26-24-22-20-18-16-14-12-10-8-6-4-2/h5-8,11-14,17-20,23-26,30,32,36,43,48,50,54,56,81H,3-4,9-10,15-16,21-22,27-29,31,33-35,37-42,44-47,49,51-53,55,57-80,84H2,1-2H3,(H,87,88)/b7-5-,8-6-,13-11-,14-12-,19-17-,20-18-,25-23-,26-24-,32-30-,43-36-,50-48-,56-54-. The van der Waals surface area contributed by atoms with Crippen molar-refractivity contribution in [3.63, 3.8) is 0 Å². The fraction of sp³-hybridized carbons (Fsp3) is 0.687. The van der Waals surface area contributed by atoms with Crippen LogP contribution in [0.3, 0.4) is 0 Å². The molecule has 0 aliphatic rings. The zero-order valence-electron chi connectivity index (χ0n) is 59.9. The number of unbranched alkanes of at least 4 members (excludes halogenated alkanes) is 34. The quantitative estimate of drug-likeness (QED) is 0.0264. The Morgan fingerprint density at radius 2 is 0.559 bits per heavy atom. The summed E-state index contributed by atoms with van der Waals surface area (Å²) in [6.07, 6.45) is 111. The van der Waals surface area contributed by atoms with Gasteiger partial charge >= 0.3 is 19.8 Å². The molecule has 0 amide bonds. The van der Waals surface area contributed by atoms with Crippen LogP contribution in [0.1, 0.15) is 335 Å². The van der Waals surface area contributed by atoms with Gasteiger partial charge in [-0.25, -0.2) is 4.57 Å². The van der Waals surface area contributed by atoms with Crippen molar-refractivity contribution >= 4 is 19.8 Å². The van der Waals surface area contributed by atoms with Gasteiger partial charge in [0.2, 0.25) is 0 Å². The van der Waals surface area contributed by atoms with Crippen LogP contribution in [0.15, 0.2) is 146 Å². The topological polar surface area (TPSA) is 134 Å². The lowest BCUT2D eigenvalue weighted by Crippen LogP contribution is -2.29. The van der Waals surface area contributed by atoms with Crippen LogP contribution in [-0.2, 0) is 32.7 Å². The Bertz CT molecular complexity index is 2040. The first-order valence-corrected chi connectivity index (χ1v) is 39.8. The van der Waals surface area contributed by atoms with Gasteiger partial charge in [-0.2, -0.15) is 0 Å². The summed E-state index contributed by atoms with van der Waals surface area (Å²) in [4.78, 5) is 35.4. The van der Waals surface area contributed by atoms with E-state index in [1.165, 1.54) is 180 Å². The van der Waals surface area contributed by atoms with E-state index in [1.807, 2.05) is 0 Å². The Morgan fingerprint density at radius 3 is 0.828 bits per heavy atom. The molecule has 0 radical (unpaired) electrons. The van der Waals surface area contributed by atoms with Gasteiger partial charge in [-0.15, -0.1) is 0 Å². The lowest BCUT2D eigenvalue weighted by molar-refractivity contribution is -0.161. The largest absolute Gasteiger partial charge is 0.472 e. The Balaban J connectivity index is 3.85. The van der Waals surface area contributed by atoms with Crippen molar-refractivity contribution in [2.75, 3.05) is 26.4 Å². The Kier molecular flexibility index (Phi) is 73.5. The summed E-state index contributed by atoms with van der Waals surface area (Å²) in [5, 5.41) is 0. The summed E-state index contributed by atoms with van der Waals surface area (Å²) in [5.74, 6) is -0.832. The van der Waals surface area contributed by atoms with E-state index in [2.05, 4.69) is 160 Å². The molecule has 0 saturated heterocycles. The van der Waals surface area contributed by atoms with Crippen molar-refractivity contribution in [3.8, 4) is 0 Å². The molecule has 0 aliphatic heterocycles. The van der Waals surface area contributed by atoms with Crippen LogP contribution in [-0.4, -0.2) is 49.3 Å². The Morgan fingerprint density at radius 1 is 0.323 bits per heavy atom. The number of rotatable bonds is 71. The maximum Gasteiger partial charge on any atom is 0.472 e. The molecule has 2 atom stereocenters. The highest BCUT2D eigenvalue weighted by molar-refractivity contribution is 7.47. The molecule has 0 aromatic carbocycles. The van der Waals surface area contributed by atoms with Crippen molar-refractivity contribution in [1.82, 2.24) is 0 Å². The second-order valence-electron chi connectivity index (χ2n) is 25.1. The maximum atomic E-state index is 12.8. The third-order valence-electron chi connectivity index (χ3n) is 16.2. The molecule has 0 bridgehead atoms.